The van der Waals surface area contributed by atoms with Crippen molar-refractivity contribution in [2.75, 3.05) is 27.2 Å². The highest BCUT2D eigenvalue weighted by atomic mass is 32.2. The molecule has 0 bridgehead atoms. The van der Waals surface area contributed by atoms with Gasteiger partial charge >= 0.3 is 0 Å². The lowest BCUT2D eigenvalue weighted by atomic mass is 9.99. The third-order valence-electron chi connectivity index (χ3n) is 2.97. The molecule has 0 aromatic heterocycles. The smallest absolute Gasteiger partial charge is 0.282 e. The molecule has 1 unspecified atom stereocenters. The lowest BCUT2D eigenvalue weighted by Crippen LogP contribution is -2.56. The number of nitrogens with zero attached hydrogens (tertiary/aromatic N) is 2. The van der Waals surface area contributed by atoms with E-state index >= 15 is 0 Å². The van der Waals surface area contributed by atoms with Crippen LogP contribution >= 0.6 is 0 Å². The van der Waals surface area contributed by atoms with Crippen molar-refractivity contribution in [2.45, 2.75) is 39.2 Å². The van der Waals surface area contributed by atoms with Crippen LogP contribution < -0.4 is 5.73 Å². The molecule has 0 heterocycles. The summed E-state index contributed by atoms with van der Waals surface area (Å²) in [6, 6.07) is 0. The Morgan fingerprint density at radius 3 is 2.00 bits per heavy atom. The molecular formula is C10H25N3O2S. The number of hydrogen-bond acceptors (Lipinski definition) is 3. The highest BCUT2D eigenvalue weighted by Gasteiger charge is 2.38. The van der Waals surface area contributed by atoms with Gasteiger partial charge in [-0.2, -0.15) is 17.0 Å². The maximum Gasteiger partial charge on any atom is 0.282 e. The maximum absolute atomic E-state index is 12.2. The van der Waals surface area contributed by atoms with Crippen molar-refractivity contribution in [3.63, 3.8) is 0 Å². The van der Waals surface area contributed by atoms with Crippen LogP contribution in [0, 0.1) is 0 Å². The molecule has 0 saturated heterocycles. The van der Waals surface area contributed by atoms with Crippen molar-refractivity contribution in [1.29, 1.82) is 0 Å². The normalized spacial score (nSPS) is 16.8. The summed E-state index contributed by atoms with van der Waals surface area (Å²) in [7, 11) is -0.304. The van der Waals surface area contributed by atoms with Gasteiger partial charge in [-0.25, -0.2) is 0 Å². The Labute approximate surface area is 99.8 Å². The van der Waals surface area contributed by atoms with Crippen molar-refractivity contribution in [3.05, 3.63) is 0 Å². The molecule has 0 fully saturated rings. The van der Waals surface area contributed by atoms with E-state index in [4.69, 9.17) is 5.73 Å². The van der Waals surface area contributed by atoms with Crippen molar-refractivity contribution >= 4 is 10.2 Å². The van der Waals surface area contributed by atoms with E-state index in [1.54, 1.807) is 14.1 Å². The van der Waals surface area contributed by atoms with E-state index in [1.165, 1.54) is 8.61 Å². The first-order valence-corrected chi connectivity index (χ1v) is 7.06. The molecule has 0 rings (SSSR count). The summed E-state index contributed by atoms with van der Waals surface area (Å²) in [6.45, 7) is 6.65. The summed E-state index contributed by atoms with van der Waals surface area (Å²) in [5.74, 6) is 0. The fourth-order valence-corrected chi connectivity index (χ4v) is 3.05. The van der Waals surface area contributed by atoms with E-state index in [0.29, 0.717) is 19.5 Å². The highest BCUT2D eigenvalue weighted by molar-refractivity contribution is 7.86. The minimum Gasteiger partial charge on any atom is -0.329 e. The number of hydrogen-bond donors (Lipinski definition) is 1. The molecule has 0 aromatic rings. The Morgan fingerprint density at radius 1 is 1.25 bits per heavy atom. The minimum absolute atomic E-state index is 0.330. The molecule has 0 saturated carbocycles. The van der Waals surface area contributed by atoms with Crippen molar-refractivity contribution in [1.82, 2.24) is 8.61 Å². The van der Waals surface area contributed by atoms with Gasteiger partial charge in [0, 0.05) is 32.7 Å². The Bertz CT molecular complexity index is 297. The lowest BCUT2D eigenvalue weighted by molar-refractivity contribution is 0.196. The van der Waals surface area contributed by atoms with E-state index in [-0.39, 0.29) is 0 Å². The molecule has 0 amide bonds. The van der Waals surface area contributed by atoms with Gasteiger partial charge in [0.2, 0.25) is 0 Å². The van der Waals surface area contributed by atoms with Gasteiger partial charge in [-0.05, 0) is 19.8 Å². The zero-order valence-corrected chi connectivity index (χ0v) is 11.8. The fraction of sp³-hybridized carbons (Fsp3) is 1.00. The van der Waals surface area contributed by atoms with Crippen molar-refractivity contribution in [2.24, 2.45) is 5.73 Å². The summed E-state index contributed by atoms with van der Waals surface area (Å²) < 4.78 is 27.1. The second-order valence-corrected chi connectivity index (χ2v) is 6.48. The highest BCUT2D eigenvalue weighted by Crippen LogP contribution is 2.23. The van der Waals surface area contributed by atoms with Gasteiger partial charge in [0.1, 0.15) is 0 Å². The van der Waals surface area contributed by atoms with E-state index in [9.17, 15) is 8.42 Å². The standard InChI is InChI=1S/C10H25N3O2S/c1-6-8-13(10(3,7-2)9-11)16(14,15)12(4)5/h6-9,11H2,1-5H3. The number of nitrogens with two attached hydrogens (primary N) is 1. The Morgan fingerprint density at radius 2 is 1.75 bits per heavy atom. The Hall–Kier alpha value is -0.170. The van der Waals surface area contributed by atoms with Crippen LogP contribution in [-0.2, 0) is 10.2 Å². The average molecular weight is 251 g/mol. The van der Waals surface area contributed by atoms with Crippen LogP contribution in [0.25, 0.3) is 0 Å². The van der Waals surface area contributed by atoms with Gasteiger partial charge in [-0.3, -0.25) is 0 Å². The molecule has 2 N–H and O–H groups in total. The van der Waals surface area contributed by atoms with Gasteiger partial charge in [-0.1, -0.05) is 13.8 Å². The molecule has 98 valence electrons. The molecule has 0 aliphatic rings. The van der Waals surface area contributed by atoms with Crippen molar-refractivity contribution in [3.8, 4) is 0 Å². The summed E-state index contributed by atoms with van der Waals surface area (Å²) in [4.78, 5) is 0. The van der Waals surface area contributed by atoms with E-state index in [2.05, 4.69) is 0 Å². The summed E-state index contributed by atoms with van der Waals surface area (Å²) in [6.07, 6.45) is 1.49. The molecule has 5 nitrogen and oxygen atoms in total. The molecule has 1 atom stereocenters. The van der Waals surface area contributed by atoms with Crippen LogP contribution in [0.15, 0.2) is 0 Å². The second kappa shape index (κ2) is 5.95. The van der Waals surface area contributed by atoms with Gasteiger partial charge in [0.15, 0.2) is 0 Å². The Kier molecular flexibility index (Phi) is 5.89. The first kappa shape index (κ1) is 15.8. The van der Waals surface area contributed by atoms with E-state index in [1.807, 2.05) is 20.8 Å². The van der Waals surface area contributed by atoms with Crippen LogP contribution in [0.3, 0.4) is 0 Å². The lowest BCUT2D eigenvalue weighted by Gasteiger charge is -2.40. The van der Waals surface area contributed by atoms with Crippen LogP contribution in [0.1, 0.15) is 33.6 Å². The largest absolute Gasteiger partial charge is 0.329 e. The molecule has 0 aromatic carbocycles. The average Bonchev–Trinajstić information content (AvgIpc) is 2.24. The maximum atomic E-state index is 12.2. The molecule has 0 spiro atoms. The molecule has 0 aliphatic carbocycles. The van der Waals surface area contributed by atoms with Crippen LogP contribution in [0.5, 0.6) is 0 Å². The topological polar surface area (TPSA) is 66.6 Å². The molecule has 6 heteroatoms. The second-order valence-electron chi connectivity index (χ2n) is 4.42. The Balaban J connectivity index is 5.31. The molecule has 0 radical (unpaired) electrons. The summed E-state index contributed by atoms with van der Waals surface area (Å²) in [5, 5.41) is 0. The van der Waals surface area contributed by atoms with E-state index < -0.39 is 15.7 Å². The first-order chi connectivity index (χ1) is 7.26. The van der Waals surface area contributed by atoms with Gasteiger partial charge in [-0.15, -0.1) is 0 Å². The van der Waals surface area contributed by atoms with E-state index in [0.717, 1.165) is 6.42 Å². The predicted molar refractivity (Wildman–Crippen MR) is 67.4 cm³/mol. The molecule has 0 aliphatic heterocycles. The minimum atomic E-state index is -3.40. The SMILES string of the molecule is CCCN(C(C)(CC)CN)S(=O)(=O)N(C)C. The van der Waals surface area contributed by atoms with Gasteiger partial charge in [0.25, 0.3) is 10.2 Å². The zero-order chi connectivity index (χ0) is 13.0. The van der Waals surface area contributed by atoms with Crippen molar-refractivity contribution < 1.29 is 8.42 Å². The van der Waals surface area contributed by atoms with Gasteiger partial charge in [0.05, 0.1) is 0 Å². The quantitative estimate of drug-likeness (QED) is 0.722. The third-order valence-corrected chi connectivity index (χ3v) is 5.07. The predicted octanol–water partition coefficient (Wildman–Crippen LogP) is 0.632. The summed E-state index contributed by atoms with van der Waals surface area (Å²) in [5.41, 5.74) is 5.22. The summed E-state index contributed by atoms with van der Waals surface area (Å²) >= 11 is 0. The van der Waals surface area contributed by atoms with Crippen LogP contribution in [0.4, 0.5) is 0 Å². The zero-order valence-electron chi connectivity index (χ0n) is 11.0. The fourth-order valence-electron chi connectivity index (χ4n) is 1.49. The molecule has 16 heavy (non-hydrogen) atoms. The van der Waals surface area contributed by atoms with Crippen LogP contribution in [0.2, 0.25) is 0 Å². The van der Waals surface area contributed by atoms with Crippen LogP contribution in [-0.4, -0.2) is 49.8 Å². The third kappa shape index (κ3) is 3.16. The first-order valence-electron chi connectivity index (χ1n) is 5.66. The molecular weight excluding hydrogens is 226 g/mol. The monoisotopic (exact) mass is 251 g/mol. The number of rotatable bonds is 7. The van der Waals surface area contributed by atoms with Gasteiger partial charge < -0.3 is 5.73 Å².